The first-order chi connectivity index (χ1) is 13.9. The van der Waals surface area contributed by atoms with Gasteiger partial charge in [0.15, 0.2) is 17.3 Å². The van der Waals surface area contributed by atoms with Crippen molar-refractivity contribution >= 4 is 5.91 Å². The lowest BCUT2D eigenvalue weighted by Gasteiger charge is -2.16. The molecule has 1 aliphatic carbocycles. The molecule has 1 aromatic heterocycles. The highest BCUT2D eigenvalue weighted by Gasteiger charge is 2.33. The fraction of sp³-hybridized carbons (Fsp3) is 0.545. The molecule has 0 saturated carbocycles. The summed E-state index contributed by atoms with van der Waals surface area (Å²) in [5.74, 6) is -1.32. The molecule has 0 bridgehead atoms. The minimum atomic E-state index is -0.918. The van der Waals surface area contributed by atoms with Crippen LogP contribution in [0.5, 0.6) is 0 Å². The van der Waals surface area contributed by atoms with Crippen molar-refractivity contribution in [2.75, 3.05) is 19.7 Å². The van der Waals surface area contributed by atoms with E-state index in [0.29, 0.717) is 37.0 Å². The third-order valence-corrected chi connectivity index (χ3v) is 5.76. The first-order valence-electron chi connectivity index (χ1n) is 10.4. The van der Waals surface area contributed by atoms with Crippen molar-refractivity contribution in [1.29, 1.82) is 0 Å². The number of carbonyl (C=O) groups excluding carboxylic acids is 1. The SMILES string of the molecule is CC(C)CCO[C@@H]1CCN(C(=O)c2nn(-c3ccc(F)c(F)c3)c3c2CCC3)C1. The Kier molecular flexibility index (Phi) is 5.67. The van der Waals surface area contributed by atoms with E-state index in [1.165, 1.54) is 6.07 Å². The average Bonchev–Trinajstić information content (AvgIpc) is 3.39. The van der Waals surface area contributed by atoms with E-state index in [4.69, 9.17) is 4.74 Å². The van der Waals surface area contributed by atoms with Gasteiger partial charge in [-0.05, 0) is 50.2 Å². The second kappa shape index (κ2) is 8.22. The lowest BCUT2D eigenvalue weighted by atomic mass is 10.1. The maximum Gasteiger partial charge on any atom is 0.274 e. The molecule has 2 aliphatic rings. The smallest absolute Gasteiger partial charge is 0.274 e. The Hall–Kier alpha value is -2.28. The standard InChI is InChI=1S/C22H27F2N3O2/c1-14(2)9-11-29-16-8-10-26(13-16)22(28)21-17-4-3-5-20(17)27(25-21)15-6-7-18(23)19(24)12-15/h6-7,12,14,16H,3-5,8-11,13H2,1-2H3/t16-/m1/s1. The Balaban J connectivity index is 1.52. The van der Waals surface area contributed by atoms with Crippen LogP contribution in [0, 0.1) is 17.6 Å². The largest absolute Gasteiger partial charge is 0.376 e. The first kappa shape index (κ1) is 20.0. The number of hydrogen-bond acceptors (Lipinski definition) is 3. The number of carbonyl (C=O) groups is 1. The molecule has 1 saturated heterocycles. The van der Waals surface area contributed by atoms with E-state index in [0.717, 1.165) is 55.5 Å². The Morgan fingerprint density at radius 2 is 2.10 bits per heavy atom. The van der Waals surface area contributed by atoms with Gasteiger partial charge in [0.1, 0.15) is 0 Å². The Labute approximate surface area is 169 Å². The van der Waals surface area contributed by atoms with Crippen LogP contribution in [0.4, 0.5) is 8.78 Å². The number of rotatable bonds is 6. The molecule has 2 heterocycles. The number of fused-ring (bicyclic) bond motifs is 1. The van der Waals surface area contributed by atoms with Gasteiger partial charge in [0, 0.05) is 37.0 Å². The van der Waals surface area contributed by atoms with E-state index in [-0.39, 0.29) is 12.0 Å². The van der Waals surface area contributed by atoms with Gasteiger partial charge in [-0.1, -0.05) is 13.8 Å². The molecule has 0 radical (unpaired) electrons. The van der Waals surface area contributed by atoms with Crippen molar-refractivity contribution in [1.82, 2.24) is 14.7 Å². The van der Waals surface area contributed by atoms with Gasteiger partial charge in [-0.3, -0.25) is 4.79 Å². The lowest BCUT2D eigenvalue weighted by Crippen LogP contribution is -2.31. The summed E-state index contributed by atoms with van der Waals surface area (Å²) in [4.78, 5) is 15.0. The van der Waals surface area contributed by atoms with Crippen LogP contribution in [0.15, 0.2) is 18.2 Å². The predicted molar refractivity (Wildman–Crippen MR) is 105 cm³/mol. The van der Waals surface area contributed by atoms with Crippen LogP contribution in [0.1, 0.15) is 54.9 Å². The zero-order chi connectivity index (χ0) is 20.5. The summed E-state index contributed by atoms with van der Waals surface area (Å²) in [5.41, 5.74) is 2.73. The zero-order valence-corrected chi connectivity index (χ0v) is 17.0. The molecule has 1 amide bonds. The summed E-state index contributed by atoms with van der Waals surface area (Å²) in [7, 11) is 0. The van der Waals surface area contributed by atoms with Gasteiger partial charge < -0.3 is 9.64 Å². The van der Waals surface area contributed by atoms with Gasteiger partial charge in [0.2, 0.25) is 0 Å². The van der Waals surface area contributed by atoms with Gasteiger partial charge in [0.25, 0.3) is 5.91 Å². The predicted octanol–water partition coefficient (Wildman–Crippen LogP) is 3.92. The summed E-state index contributed by atoms with van der Waals surface area (Å²) in [6.45, 7) is 6.27. The van der Waals surface area contributed by atoms with E-state index in [1.54, 1.807) is 9.58 Å². The van der Waals surface area contributed by atoms with Crippen LogP contribution in [0.2, 0.25) is 0 Å². The number of likely N-dealkylation sites (tertiary alicyclic amines) is 1. The monoisotopic (exact) mass is 403 g/mol. The van der Waals surface area contributed by atoms with Crippen LogP contribution in [0.25, 0.3) is 5.69 Å². The summed E-state index contributed by atoms with van der Waals surface area (Å²) in [6, 6.07) is 3.71. The third kappa shape index (κ3) is 4.06. The molecule has 7 heteroatoms. The average molecular weight is 403 g/mol. The number of hydrogen-bond donors (Lipinski definition) is 0. The summed E-state index contributed by atoms with van der Waals surface area (Å²) in [5, 5.41) is 4.52. The Morgan fingerprint density at radius 3 is 2.86 bits per heavy atom. The van der Waals surface area contributed by atoms with Crippen LogP contribution >= 0.6 is 0 Å². The Morgan fingerprint density at radius 1 is 1.28 bits per heavy atom. The van der Waals surface area contributed by atoms with E-state index >= 15 is 0 Å². The molecular formula is C22H27F2N3O2. The molecule has 0 N–H and O–H groups in total. The molecule has 1 aromatic carbocycles. The number of amides is 1. The highest BCUT2D eigenvalue weighted by atomic mass is 19.2. The van der Waals surface area contributed by atoms with Crippen LogP contribution in [-0.4, -0.2) is 46.4 Å². The molecule has 0 spiro atoms. The van der Waals surface area contributed by atoms with Crippen LogP contribution in [0.3, 0.4) is 0 Å². The van der Waals surface area contributed by atoms with E-state index in [1.807, 2.05) is 0 Å². The van der Waals surface area contributed by atoms with Crippen LogP contribution in [-0.2, 0) is 17.6 Å². The molecule has 4 rings (SSSR count). The molecule has 1 aliphatic heterocycles. The second-order valence-corrected chi connectivity index (χ2v) is 8.35. The van der Waals surface area contributed by atoms with Crippen molar-refractivity contribution in [2.45, 2.75) is 52.1 Å². The zero-order valence-electron chi connectivity index (χ0n) is 17.0. The molecule has 1 fully saturated rings. The van der Waals surface area contributed by atoms with Crippen molar-refractivity contribution in [3.8, 4) is 5.69 Å². The molecule has 2 aromatic rings. The highest BCUT2D eigenvalue weighted by Crippen LogP contribution is 2.30. The Bertz CT molecular complexity index is 910. The molecular weight excluding hydrogens is 376 g/mol. The molecule has 5 nitrogen and oxygen atoms in total. The number of benzene rings is 1. The van der Waals surface area contributed by atoms with E-state index < -0.39 is 11.6 Å². The van der Waals surface area contributed by atoms with Crippen molar-refractivity contribution in [3.05, 3.63) is 46.8 Å². The summed E-state index contributed by atoms with van der Waals surface area (Å²) >= 11 is 0. The topological polar surface area (TPSA) is 47.4 Å². The highest BCUT2D eigenvalue weighted by molar-refractivity contribution is 5.94. The molecule has 29 heavy (non-hydrogen) atoms. The number of aromatic nitrogens is 2. The van der Waals surface area contributed by atoms with Crippen LogP contribution < -0.4 is 0 Å². The van der Waals surface area contributed by atoms with Gasteiger partial charge >= 0.3 is 0 Å². The first-order valence-corrected chi connectivity index (χ1v) is 10.4. The van der Waals surface area contributed by atoms with Gasteiger partial charge in [-0.2, -0.15) is 5.10 Å². The number of nitrogens with zero attached hydrogens (tertiary/aromatic N) is 3. The quantitative estimate of drug-likeness (QED) is 0.735. The van der Waals surface area contributed by atoms with Crippen molar-refractivity contribution < 1.29 is 18.3 Å². The van der Waals surface area contributed by atoms with E-state index in [2.05, 4.69) is 18.9 Å². The number of halogens is 2. The van der Waals surface area contributed by atoms with Crippen molar-refractivity contribution in [3.63, 3.8) is 0 Å². The van der Waals surface area contributed by atoms with E-state index in [9.17, 15) is 13.6 Å². The maximum absolute atomic E-state index is 13.7. The minimum Gasteiger partial charge on any atom is -0.376 e. The fourth-order valence-electron chi connectivity index (χ4n) is 4.11. The molecule has 1 atom stereocenters. The maximum atomic E-state index is 13.7. The van der Waals surface area contributed by atoms with Crippen molar-refractivity contribution in [2.24, 2.45) is 5.92 Å². The van der Waals surface area contributed by atoms with Gasteiger partial charge in [-0.25, -0.2) is 13.5 Å². The normalized spacial score (nSPS) is 18.7. The second-order valence-electron chi connectivity index (χ2n) is 8.35. The lowest BCUT2D eigenvalue weighted by molar-refractivity contribution is 0.0482. The minimum absolute atomic E-state index is 0.0685. The molecule has 156 valence electrons. The summed E-state index contributed by atoms with van der Waals surface area (Å²) in [6.07, 6.45) is 4.39. The third-order valence-electron chi connectivity index (χ3n) is 5.76. The summed E-state index contributed by atoms with van der Waals surface area (Å²) < 4.78 is 34.6. The van der Waals surface area contributed by atoms with Gasteiger partial charge in [0.05, 0.1) is 11.8 Å². The number of ether oxygens (including phenoxy) is 1. The molecule has 0 unspecified atom stereocenters. The van der Waals surface area contributed by atoms with Gasteiger partial charge in [-0.15, -0.1) is 0 Å². The fourth-order valence-corrected chi connectivity index (χ4v) is 4.11.